The number of amides is 1. The van der Waals surface area contributed by atoms with E-state index in [1.54, 1.807) is 17.0 Å². The third-order valence-electron chi connectivity index (χ3n) is 6.13. The predicted molar refractivity (Wildman–Crippen MR) is 106 cm³/mol. The van der Waals surface area contributed by atoms with Crippen LogP contribution >= 0.6 is 0 Å². The second kappa shape index (κ2) is 8.76. The highest BCUT2D eigenvalue weighted by atomic mass is 19.3. The molecule has 28 heavy (non-hydrogen) atoms. The summed E-state index contributed by atoms with van der Waals surface area (Å²) in [5.41, 5.74) is -0.166. The number of rotatable bonds is 8. The molecule has 1 amide bonds. The molecular weight excluding hydrogens is 362 g/mol. The van der Waals surface area contributed by atoms with Crippen LogP contribution in [0.3, 0.4) is 0 Å². The van der Waals surface area contributed by atoms with E-state index in [-0.39, 0.29) is 17.6 Å². The third kappa shape index (κ3) is 4.17. The zero-order valence-electron chi connectivity index (χ0n) is 17.1. The molecule has 156 valence electrons. The highest BCUT2D eigenvalue weighted by molar-refractivity contribution is 5.84. The molecule has 3 unspecified atom stereocenters. The molecular formula is C22H32F2N2O2. The quantitative estimate of drug-likeness (QED) is 0.667. The van der Waals surface area contributed by atoms with Gasteiger partial charge in [0.05, 0.1) is 6.61 Å². The van der Waals surface area contributed by atoms with Crippen molar-refractivity contribution in [3.05, 3.63) is 29.8 Å². The molecule has 3 atom stereocenters. The fourth-order valence-electron chi connectivity index (χ4n) is 4.69. The fraction of sp³-hybridized carbons (Fsp3) is 0.682. The number of alkyl halides is 2. The number of hydrogen-bond acceptors (Lipinski definition) is 3. The molecule has 1 N–H and O–H groups in total. The average molecular weight is 395 g/mol. The molecule has 2 aliphatic heterocycles. The summed E-state index contributed by atoms with van der Waals surface area (Å²) in [5, 5.41) is 2.60. The van der Waals surface area contributed by atoms with E-state index in [9.17, 15) is 4.79 Å². The molecule has 2 bridgehead atoms. The zero-order chi connectivity index (χ0) is 20.3. The van der Waals surface area contributed by atoms with Gasteiger partial charge in [0, 0.05) is 17.6 Å². The van der Waals surface area contributed by atoms with Gasteiger partial charge in [0.1, 0.15) is 5.75 Å². The van der Waals surface area contributed by atoms with Crippen molar-refractivity contribution in [2.75, 3.05) is 13.7 Å². The lowest BCUT2D eigenvalue weighted by atomic mass is 9.90. The van der Waals surface area contributed by atoms with E-state index in [0.717, 1.165) is 38.5 Å². The Morgan fingerprint density at radius 3 is 2.39 bits per heavy atom. The van der Waals surface area contributed by atoms with Gasteiger partial charge < -0.3 is 15.0 Å². The van der Waals surface area contributed by atoms with Crippen molar-refractivity contribution >= 4 is 5.91 Å². The maximum absolute atomic E-state index is 15.3. The molecule has 1 aromatic rings. The van der Waals surface area contributed by atoms with Gasteiger partial charge in [-0.1, -0.05) is 20.3 Å². The second-order valence-corrected chi connectivity index (χ2v) is 8.28. The monoisotopic (exact) mass is 394 g/mol. The topological polar surface area (TPSA) is 41.6 Å². The number of unbranched alkanes of at least 4 members (excludes halogenated alkanes) is 1. The van der Waals surface area contributed by atoms with E-state index >= 15 is 8.78 Å². The molecule has 4 nitrogen and oxygen atoms in total. The van der Waals surface area contributed by atoms with Gasteiger partial charge in [0.2, 0.25) is 5.91 Å². The number of hydrogen-bond donors (Lipinski definition) is 1. The highest BCUT2D eigenvalue weighted by Crippen LogP contribution is 2.41. The Morgan fingerprint density at radius 2 is 1.86 bits per heavy atom. The van der Waals surface area contributed by atoms with E-state index in [1.807, 2.05) is 0 Å². The normalized spacial score (nSPS) is 25.6. The van der Waals surface area contributed by atoms with Crippen LogP contribution in [0, 0.1) is 5.92 Å². The third-order valence-corrected chi connectivity index (χ3v) is 6.13. The molecule has 2 fully saturated rings. The minimum atomic E-state index is -3.30. The van der Waals surface area contributed by atoms with Crippen molar-refractivity contribution in [1.82, 2.24) is 10.2 Å². The van der Waals surface area contributed by atoms with Gasteiger partial charge in [0.25, 0.3) is 5.92 Å². The number of fused-ring (bicyclic) bond motifs is 2. The first-order chi connectivity index (χ1) is 13.4. The molecule has 6 heteroatoms. The van der Waals surface area contributed by atoms with Crippen molar-refractivity contribution in [2.45, 2.75) is 76.4 Å². The van der Waals surface area contributed by atoms with Gasteiger partial charge in [-0.2, -0.15) is 8.78 Å². The summed E-state index contributed by atoms with van der Waals surface area (Å²) in [6, 6.07) is 4.49. The maximum atomic E-state index is 15.3. The van der Waals surface area contributed by atoms with E-state index in [0.29, 0.717) is 18.3 Å². The number of nitrogens with zero attached hydrogens (tertiary/aromatic N) is 1. The number of piperidine rings is 1. The van der Waals surface area contributed by atoms with Gasteiger partial charge in [-0.25, -0.2) is 0 Å². The van der Waals surface area contributed by atoms with Crippen LogP contribution in [-0.2, 0) is 10.7 Å². The van der Waals surface area contributed by atoms with E-state index in [4.69, 9.17) is 4.74 Å². The summed E-state index contributed by atoms with van der Waals surface area (Å²) >= 11 is 0. The van der Waals surface area contributed by atoms with Crippen molar-refractivity contribution in [3.63, 3.8) is 0 Å². The number of halogens is 2. The lowest BCUT2D eigenvalue weighted by Crippen LogP contribution is -2.58. The lowest BCUT2D eigenvalue weighted by Gasteiger charge is -2.41. The Balaban J connectivity index is 1.74. The Hall–Kier alpha value is -1.69. The van der Waals surface area contributed by atoms with Crippen LogP contribution in [-0.4, -0.2) is 42.6 Å². The standard InChI is InChI=1S/C22H32F2N2O2/c1-4-5-12-28-19-10-6-16(7-11-19)22(23,24)20(25-3)21(27)26-17-8-9-18(26)14-15(2)13-17/h6-7,10-11,15,17-18,20,25H,4-5,8-9,12-14H2,1-3H3. The first kappa shape index (κ1) is 21.0. The smallest absolute Gasteiger partial charge is 0.297 e. The molecule has 0 aliphatic carbocycles. The summed E-state index contributed by atoms with van der Waals surface area (Å²) in [6.07, 6.45) is 5.60. The van der Waals surface area contributed by atoms with Crippen molar-refractivity contribution in [1.29, 1.82) is 0 Å². The molecule has 2 saturated heterocycles. The van der Waals surface area contributed by atoms with Crippen LogP contribution in [0.1, 0.15) is 57.9 Å². The molecule has 0 saturated carbocycles. The molecule has 0 spiro atoms. The van der Waals surface area contributed by atoms with Gasteiger partial charge in [-0.15, -0.1) is 0 Å². The Labute approximate surface area is 166 Å². The highest BCUT2D eigenvalue weighted by Gasteiger charge is 2.51. The Morgan fingerprint density at radius 1 is 1.25 bits per heavy atom. The number of nitrogens with one attached hydrogen (secondary N) is 1. The summed E-state index contributed by atoms with van der Waals surface area (Å²) in [4.78, 5) is 14.9. The van der Waals surface area contributed by atoms with Crippen LogP contribution in [0.4, 0.5) is 8.78 Å². The largest absolute Gasteiger partial charge is 0.494 e. The second-order valence-electron chi connectivity index (χ2n) is 8.28. The number of carbonyl (C=O) groups is 1. The minimum absolute atomic E-state index is 0.0993. The lowest BCUT2D eigenvalue weighted by molar-refractivity contribution is -0.150. The number of benzene rings is 1. The predicted octanol–water partition coefficient (Wildman–Crippen LogP) is 4.33. The number of likely N-dealkylation sites (N-methyl/N-ethyl adjacent to an activating group) is 1. The Bertz CT molecular complexity index is 651. The van der Waals surface area contributed by atoms with Crippen molar-refractivity contribution in [2.24, 2.45) is 5.92 Å². The van der Waals surface area contributed by atoms with Crippen LogP contribution in [0.5, 0.6) is 5.75 Å². The molecule has 0 aromatic heterocycles. The molecule has 2 heterocycles. The summed E-state index contributed by atoms with van der Waals surface area (Å²) in [5.74, 6) is -2.65. The minimum Gasteiger partial charge on any atom is -0.494 e. The van der Waals surface area contributed by atoms with Gasteiger partial charge in [-0.3, -0.25) is 4.79 Å². The fourth-order valence-corrected chi connectivity index (χ4v) is 4.69. The molecule has 3 rings (SSSR count). The van der Waals surface area contributed by atoms with Gasteiger partial charge >= 0.3 is 0 Å². The summed E-state index contributed by atoms with van der Waals surface area (Å²) in [7, 11) is 1.44. The van der Waals surface area contributed by atoms with Gasteiger partial charge in [0.15, 0.2) is 6.04 Å². The van der Waals surface area contributed by atoms with Crippen LogP contribution in [0.2, 0.25) is 0 Å². The van der Waals surface area contributed by atoms with E-state index in [2.05, 4.69) is 19.2 Å². The molecule has 2 aliphatic rings. The summed E-state index contributed by atoms with van der Waals surface area (Å²) in [6.45, 7) is 4.82. The van der Waals surface area contributed by atoms with Crippen LogP contribution in [0.25, 0.3) is 0 Å². The molecule has 0 radical (unpaired) electrons. The van der Waals surface area contributed by atoms with Crippen molar-refractivity contribution in [3.8, 4) is 5.75 Å². The SMILES string of the molecule is CCCCOc1ccc(C(F)(F)C(NC)C(=O)N2C3CCC2CC(C)C3)cc1. The van der Waals surface area contributed by atoms with Crippen molar-refractivity contribution < 1.29 is 18.3 Å². The first-order valence-electron chi connectivity index (χ1n) is 10.5. The van der Waals surface area contributed by atoms with Gasteiger partial charge in [-0.05, 0) is 69.3 Å². The number of ether oxygens (including phenoxy) is 1. The average Bonchev–Trinajstić information content (AvgIpc) is 2.94. The van der Waals surface area contributed by atoms with Crippen LogP contribution < -0.4 is 10.1 Å². The van der Waals surface area contributed by atoms with Crippen LogP contribution in [0.15, 0.2) is 24.3 Å². The number of carbonyl (C=O) groups excluding carboxylic acids is 1. The summed E-state index contributed by atoms with van der Waals surface area (Å²) < 4.78 is 36.1. The molecule has 1 aromatic carbocycles. The van der Waals surface area contributed by atoms with E-state index < -0.39 is 17.9 Å². The first-order valence-corrected chi connectivity index (χ1v) is 10.5. The van der Waals surface area contributed by atoms with E-state index in [1.165, 1.54) is 19.2 Å². The Kier molecular flexibility index (Phi) is 6.58. The zero-order valence-corrected chi connectivity index (χ0v) is 17.1. The maximum Gasteiger partial charge on any atom is 0.297 e.